The molecule has 0 aromatic carbocycles. The van der Waals surface area contributed by atoms with Crippen LogP contribution in [-0.4, -0.2) is 19.8 Å². The molecule has 0 aliphatic carbocycles. The van der Waals surface area contributed by atoms with Crippen molar-refractivity contribution in [1.29, 1.82) is 0 Å². The van der Waals surface area contributed by atoms with Crippen molar-refractivity contribution in [2.24, 2.45) is 0 Å². The van der Waals surface area contributed by atoms with Crippen molar-refractivity contribution in [2.75, 3.05) is 0 Å². The summed E-state index contributed by atoms with van der Waals surface area (Å²) in [4.78, 5) is 11.3. The Bertz CT molecular complexity index is 519. The lowest BCUT2D eigenvalue weighted by Gasteiger charge is -2.09. The molecule has 0 atom stereocenters. The molecule has 28 heavy (non-hydrogen) atoms. The molecule has 0 radical (unpaired) electrons. The maximum absolute atomic E-state index is 12.1. The number of amides is 1. The second-order valence-corrected chi connectivity index (χ2v) is 8.93. The summed E-state index contributed by atoms with van der Waals surface area (Å²) in [6.45, 7) is 3.72. The molecule has 4 nitrogen and oxygen atoms in total. The van der Waals surface area contributed by atoms with E-state index in [2.05, 4.69) is 6.58 Å². The van der Waals surface area contributed by atoms with Crippen molar-refractivity contribution in [3.05, 3.63) is 12.7 Å². The third-order valence-corrected chi connectivity index (χ3v) is 5.72. The molecule has 0 bridgehead atoms. The van der Waals surface area contributed by atoms with Gasteiger partial charge in [-0.1, -0.05) is 83.1 Å². The lowest BCUT2D eigenvalue weighted by atomic mass is 10.0. The predicted molar refractivity (Wildman–Crippen MR) is 107 cm³/mol. The maximum atomic E-state index is 12.1. The van der Waals surface area contributed by atoms with Crippen molar-refractivity contribution in [1.82, 2.24) is 4.72 Å². The highest BCUT2D eigenvalue weighted by Gasteiger charge is 2.46. The first kappa shape index (κ1) is 27.0. The number of halogens is 3. The van der Waals surface area contributed by atoms with Gasteiger partial charge in [-0.15, -0.1) is 6.58 Å². The van der Waals surface area contributed by atoms with Crippen LogP contribution in [0, 0.1) is 0 Å². The molecule has 8 heteroatoms. The SMILES string of the molecule is C=CCCCCCCCCCCCCCCCCC(=O)NS(=O)(=O)C(F)(F)F. The van der Waals surface area contributed by atoms with E-state index in [4.69, 9.17) is 0 Å². The average Bonchev–Trinajstić information content (AvgIpc) is 2.60. The summed E-state index contributed by atoms with van der Waals surface area (Å²) in [5.41, 5.74) is -5.45. The van der Waals surface area contributed by atoms with E-state index in [-0.39, 0.29) is 6.42 Å². The number of hydrogen-bond acceptors (Lipinski definition) is 3. The molecule has 0 aromatic heterocycles. The Hall–Kier alpha value is -1.05. The number of unbranched alkanes of at least 4 members (excludes halogenated alkanes) is 14. The molecule has 0 unspecified atom stereocenters. The van der Waals surface area contributed by atoms with Crippen LogP contribution in [0.3, 0.4) is 0 Å². The van der Waals surface area contributed by atoms with Gasteiger partial charge in [0.25, 0.3) is 0 Å². The molecule has 0 heterocycles. The van der Waals surface area contributed by atoms with Gasteiger partial charge in [-0.3, -0.25) is 4.79 Å². The molecular formula is C20H36F3NO3S. The first-order valence-corrected chi connectivity index (χ1v) is 11.9. The van der Waals surface area contributed by atoms with E-state index >= 15 is 0 Å². The zero-order chi connectivity index (χ0) is 21.3. The molecular weight excluding hydrogens is 391 g/mol. The summed E-state index contributed by atoms with van der Waals surface area (Å²) in [6.07, 6.45) is 18.5. The van der Waals surface area contributed by atoms with Crippen LogP contribution in [0.5, 0.6) is 0 Å². The highest BCUT2D eigenvalue weighted by Crippen LogP contribution is 2.21. The van der Waals surface area contributed by atoms with Gasteiger partial charge >= 0.3 is 15.5 Å². The Morgan fingerprint density at radius 3 is 1.46 bits per heavy atom. The predicted octanol–water partition coefficient (Wildman–Crippen LogP) is 6.38. The van der Waals surface area contributed by atoms with Crippen LogP contribution in [0.25, 0.3) is 0 Å². The van der Waals surface area contributed by atoms with E-state index < -0.39 is 21.4 Å². The summed E-state index contributed by atoms with van der Waals surface area (Å²) in [7, 11) is -5.57. The molecule has 1 N–H and O–H groups in total. The van der Waals surface area contributed by atoms with Gasteiger partial charge in [-0.25, -0.2) is 4.72 Å². The monoisotopic (exact) mass is 427 g/mol. The summed E-state index contributed by atoms with van der Waals surface area (Å²) in [6, 6.07) is 0. The van der Waals surface area contributed by atoms with E-state index in [1.54, 1.807) is 0 Å². The molecule has 0 saturated heterocycles. The van der Waals surface area contributed by atoms with Crippen LogP contribution in [0.15, 0.2) is 12.7 Å². The minimum atomic E-state index is -5.57. The van der Waals surface area contributed by atoms with Crippen molar-refractivity contribution < 1.29 is 26.4 Å². The Kier molecular flexibility index (Phi) is 15.2. The molecule has 0 fully saturated rings. The fourth-order valence-electron chi connectivity index (χ4n) is 2.95. The fourth-order valence-corrected chi connectivity index (χ4v) is 3.47. The highest BCUT2D eigenvalue weighted by molar-refractivity contribution is 7.90. The molecule has 1 amide bonds. The number of allylic oxidation sites excluding steroid dienone is 1. The zero-order valence-electron chi connectivity index (χ0n) is 16.9. The second kappa shape index (κ2) is 15.8. The zero-order valence-corrected chi connectivity index (χ0v) is 17.7. The average molecular weight is 428 g/mol. The lowest BCUT2D eigenvalue weighted by Crippen LogP contribution is -2.40. The second-order valence-electron chi connectivity index (χ2n) is 7.25. The van der Waals surface area contributed by atoms with Gasteiger partial charge in [0.15, 0.2) is 0 Å². The van der Waals surface area contributed by atoms with E-state index in [0.717, 1.165) is 30.4 Å². The number of nitrogens with one attached hydrogen (secondary N) is 1. The molecule has 0 saturated carbocycles. The Balaban J connectivity index is 3.38. The van der Waals surface area contributed by atoms with Gasteiger partial charge < -0.3 is 0 Å². The highest BCUT2D eigenvalue weighted by atomic mass is 32.2. The van der Waals surface area contributed by atoms with E-state index in [1.807, 2.05) is 6.08 Å². The van der Waals surface area contributed by atoms with Crippen molar-refractivity contribution in [3.63, 3.8) is 0 Å². The van der Waals surface area contributed by atoms with Crippen LogP contribution in [0.2, 0.25) is 0 Å². The largest absolute Gasteiger partial charge is 0.516 e. The number of carbonyl (C=O) groups is 1. The van der Waals surface area contributed by atoms with Crippen LogP contribution in [-0.2, 0) is 14.8 Å². The molecule has 0 aliphatic heterocycles. The van der Waals surface area contributed by atoms with Gasteiger partial charge in [0, 0.05) is 6.42 Å². The number of carbonyl (C=O) groups excluding carboxylic acids is 1. The van der Waals surface area contributed by atoms with Crippen molar-refractivity contribution >= 4 is 15.9 Å². The van der Waals surface area contributed by atoms with Gasteiger partial charge in [0.2, 0.25) is 5.91 Å². The summed E-state index contributed by atoms with van der Waals surface area (Å²) < 4.78 is 59.0. The first-order chi connectivity index (χ1) is 13.2. The van der Waals surface area contributed by atoms with E-state index in [0.29, 0.717) is 12.8 Å². The number of alkyl halides is 3. The van der Waals surface area contributed by atoms with Gasteiger partial charge in [-0.2, -0.15) is 21.6 Å². The smallest absolute Gasteiger partial charge is 0.274 e. The number of sulfonamides is 1. The third-order valence-electron chi connectivity index (χ3n) is 4.61. The van der Waals surface area contributed by atoms with Crippen LogP contribution in [0.4, 0.5) is 13.2 Å². The van der Waals surface area contributed by atoms with Crippen molar-refractivity contribution in [2.45, 2.75) is 108 Å². The standard InChI is InChI=1S/C20H36F3NO3S/c1-2-3-4-5-6-7-8-9-10-11-12-13-14-15-16-17-18-19(25)24-28(26,27)20(21,22)23/h2H,1,3-18H2,(H,24,25). The normalized spacial score (nSPS) is 12.1. The minimum Gasteiger partial charge on any atom is -0.274 e. The first-order valence-electron chi connectivity index (χ1n) is 10.4. The Morgan fingerprint density at radius 1 is 0.750 bits per heavy atom. The van der Waals surface area contributed by atoms with Gasteiger partial charge in [-0.05, 0) is 19.3 Å². The summed E-state index contributed by atoms with van der Waals surface area (Å²) in [5.74, 6) is -1.10. The Labute approximate surface area is 168 Å². The van der Waals surface area contributed by atoms with Crippen LogP contribution >= 0.6 is 0 Å². The van der Waals surface area contributed by atoms with Crippen LogP contribution < -0.4 is 4.72 Å². The summed E-state index contributed by atoms with van der Waals surface area (Å²) in [5, 5.41) is 0. The fraction of sp³-hybridized carbons (Fsp3) is 0.850. The third kappa shape index (κ3) is 14.9. The Morgan fingerprint density at radius 2 is 1.11 bits per heavy atom. The summed E-state index contributed by atoms with van der Waals surface area (Å²) >= 11 is 0. The van der Waals surface area contributed by atoms with E-state index in [1.165, 1.54) is 57.8 Å². The number of hydrogen-bond donors (Lipinski definition) is 1. The van der Waals surface area contributed by atoms with Gasteiger partial charge in [0.05, 0.1) is 0 Å². The quantitative estimate of drug-likeness (QED) is 0.204. The van der Waals surface area contributed by atoms with Crippen LogP contribution in [0.1, 0.15) is 103 Å². The molecule has 0 aliphatic rings. The van der Waals surface area contributed by atoms with E-state index in [9.17, 15) is 26.4 Å². The molecule has 0 aromatic rings. The number of rotatable bonds is 18. The molecule has 0 rings (SSSR count). The lowest BCUT2D eigenvalue weighted by molar-refractivity contribution is -0.120. The molecule has 0 spiro atoms. The van der Waals surface area contributed by atoms with Crippen molar-refractivity contribution in [3.8, 4) is 0 Å². The maximum Gasteiger partial charge on any atom is 0.516 e. The minimum absolute atomic E-state index is 0.205. The van der Waals surface area contributed by atoms with Gasteiger partial charge in [0.1, 0.15) is 0 Å². The topological polar surface area (TPSA) is 63.2 Å². The molecule has 166 valence electrons.